The van der Waals surface area contributed by atoms with E-state index in [-0.39, 0.29) is 18.2 Å². The molecule has 8 aromatic carbocycles. The summed E-state index contributed by atoms with van der Waals surface area (Å²) in [5.74, 6) is 2.98. The van der Waals surface area contributed by atoms with Gasteiger partial charge in [-0.25, -0.2) is 29.3 Å². The smallest absolute Gasteiger partial charge is 0.416 e. The fourth-order valence-corrected chi connectivity index (χ4v) is 14.7. The van der Waals surface area contributed by atoms with E-state index in [9.17, 15) is 50.8 Å². The molecular formula is C98H100F7N23O10. The molecule has 0 radical (unpaired) electrons. The van der Waals surface area contributed by atoms with Gasteiger partial charge in [0.1, 0.15) is 46.1 Å². The summed E-state index contributed by atoms with van der Waals surface area (Å²) in [5.41, 5.74) is 14.4. The number of benzene rings is 8. The van der Waals surface area contributed by atoms with Crippen molar-refractivity contribution in [2.45, 2.75) is 83.9 Å². The molecule has 2 atom stereocenters. The van der Waals surface area contributed by atoms with Crippen LogP contribution >= 0.6 is 0 Å². The molecule has 4 N–H and O–H groups in total. The van der Waals surface area contributed by atoms with Gasteiger partial charge in [-0.1, -0.05) is 0 Å². The zero-order chi connectivity index (χ0) is 98.6. The van der Waals surface area contributed by atoms with E-state index >= 15 is 0 Å². The Labute approximate surface area is 788 Å². The monoisotopic (exact) mass is 1890 g/mol. The lowest BCUT2D eigenvalue weighted by Gasteiger charge is -2.31. The number of carbonyl (C=O) groups excluding carboxylic acids is 1. The minimum atomic E-state index is -4.80. The van der Waals surface area contributed by atoms with Crippen LogP contribution in [0.3, 0.4) is 0 Å². The lowest BCUT2D eigenvalue weighted by Crippen LogP contribution is -2.39. The Hall–Kier alpha value is -16.0. The van der Waals surface area contributed by atoms with Crippen molar-refractivity contribution >= 4 is 95.5 Å². The van der Waals surface area contributed by atoms with Gasteiger partial charge in [0.05, 0.1) is 191 Å². The zero-order valence-electron chi connectivity index (χ0n) is 77.9. The Morgan fingerprint density at radius 3 is 1.07 bits per heavy atom. The summed E-state index contributed by atoms with van der Waals surface area (Å²) in [6.45, 7) is 9.50. The number of fused-ring (bicyclic) bond motifs is 4. The first kappa shape index (κ1) is 98.0. The number of imidazole rings is 1. The Kier molecular flexibility index (Phi) is 30.1. The van der Waals surface area contributed by atoms with Crippen LogP contribution in [0.15, 0.2) is 232 Å². The average molecular weight is 1890 g/mol. The van der Waals surface area contributed by atoms with Gasteiger partial charge in [0.25, 0.3) is 5.91 Å². The number of alkyl halides is 6. The lowest BCUT2D eigenvalue weighted by molar-refractivity contribution is -0.200. The largest absolute Gasteiger partial charge is 0.497 e. The van der Waals surface area contributed by atoms with Gasteiger partial charge in [-0.3, -0.25) is 43.5 Å². The lowest BCUT2D eigenvalue weighted by atomic mass is 10.1. The predicted molar refractivity (Wildman–Crippen MR) is 510 cm³/mol. The maximum Gasteiger partial charge on any atom is 0.416 e. The number of ether oxygens (including phenoxy) is 6. The molecule has 0 fully saturated rings. The minimum Gasteiger partial charge on any atom is -0.497 e. The van der Waals surface area contributed by atoms with Crippen molar-refractivity contribution in [1.29, 1.82) is 0 Å². The van der Waals surface area contributed by atoms with Gasteiger partial charge in [0, 0.05) is 206 Å². The molecule has 0 bridgehead atoms. The molecule has 716 valence electrons. The molecule has 138 heavy (non-hydrogen) atoms. The normalized spacial score (nSPS) is 12.0. The van der Waals surface area contributed by atoms with Crippen molar-refractivity contribution in [3.05, 3.63) is 250 Å². The highest BCUT2D eigenvalue weighted by Gasteiger charge is 2.41. The van der Waals surface area contributed by atoms with Gasteiger partial charge in [-0.15, -0.1) is 0 Å². The fourth-order valence-electron chi connectivity index (χ4n) is 14.7. The van der Waals surface area contributed by atoms with E-state index in [1.807, 2.05) is 114 Å². The first-order chi connectivity index (χ1) is 66.0. The molecule has 0 saturated carbocycles. The third-order valence-corrected chi connectivity index (χ3v) is 21.9. The molecule has 0 saturated heterocycles. The number of amides is 1. The molecule has 0 aliphatic heterocycles. The Morgan fingerprint density at radius 2 is 0.754 bits per heavy atom. The van der Waals surface area contributed by atoms with E-state index in [1.54, 1.807) is 193 Å². The number of hydrogen-bond donors (Lipinski definition) is 4. The number of rotatable bonds is 29. The Morgan fingerprint density at radius 1 is 0.420 bits per heavy atom. The first-order valence-electron chi connectivity index (χ1n) is 43.1. The zero-order valence-corrected chi connectivity index (χ0v) is 77.9. The number of methoxy groups -OCH3 is 6. The molecule has 9 heterocycles. The molecular weight excluding hydrogens is 1790 g/mol. The third-order valence-electron chi connectivity index (χ3n) is 21.9. The summed E-state index contributed by atoms with van der Waals surface area (Å²) >= 11 is 0. The van der Waals surface area contributed by atoms with Crippen molar-refractivity contribution in [2.24, 2.45) is 21.1 Å². The first-order valence-corrected chi connectivity index (χ1v) is 43.1. The molecule has 0 aliphatic carbocycles. The topological polar surface area (TPSA) is 350 Å². The van der Waals surface area contributed by atoms with Gasteiger partial charge >= 0.3 is 12.4 Å². The fraction of sp³-hybridized carbons (Fsp3) is 0.265. The average Bonchev–Trinajstić information content (AvgIpc) is 1.39. The Balaban J connectivity index is 0.000000147. The number of aromatic nitrogens is 18. The highest BCUT2D eigenvalue weighted by molar-refractivity contribution is 5.96. The van der Waals surface area contributed by atoms with E-state index in [4.69, 9.17) is 38.4 Å². The van der Waals surface area contributed by atoms with Gasteiger partial charge in [-0.05, 0) is 126 Å². The summed E-state index contributed by atoms with van der Waals surface area (Å²) < 4.78 is 135. The van der Waals surface area contributed by atoms with Crippen molar-refractivity contribution in [3.8, 4) is 79.5 Å². The minimum absolute atomic E-state index is 0.158. The quantitative estimate of drug-likeness (QED) is 0.0316. The summed E-state index contributed by atoms with van der Waals surface area (Å²) in [7, 11) is 16.1. The van der Waals surface area contributed by atoms with Crippen LogP contribution in [0.5, 0.6) is 34.5 Å². The summed E-state index contributed by atoms with van der Waals surface area (Å²) in [5, 5.41) is 49.8. The number of nitrogens with zero attached hydrogens (tertiary/aromatic N) is 22. The van der Waals surface area contributed by atoms with Crippen LogP contribution in [0.2, 0.25) is 0 Å². The molecule has 0 spiro atoms. The maximum atomic E-state index is 14.4. The van der Waals surface area contributed by atoms with Crippen molar-refractivity contribution in [3.63, 3.8) is 0 Å². The van der Waals surface area contributed by atoms with Crippen molar-refractivity contribution in [2.75, 3.05) is 88.9 Å². The highest BCUT2D eigenvalue weighted by Crippen LogP contribution is 2.42. The van der Waals surface area contributed by atoms with E-state index in [2.05, 4.69) is 77.0 Å². The van der Waals surface area contributed by atoms with Crippen LogP contribution in [-0.4, -0.2) is 209 Å². The molecule has 9 aromatic heterocycles. The number of anilines is 8. The number of aliphatic hydroxyl groups is 3. The van der Waals surface area contributed by atoms with Crippen LogP contribution < -0.4 is 53.3 Å². The van der Waals surface area contributed by atoms with E-state index in [1.165, 1.54) is 57.4 Å². The Bertz CT molecular complexity index is 7080. The SMILES string of the molecule is CCn1ccnc1CN(c1cc(OC)cc(OC)c1)c1ccc2ncc(-c3cnn(C)c3)nc2c1.CNC(=O)c1cc(F)cc(N(CC(C)(C)O)c2ccc3ncc(-c4cnn(C)c4)nc3c2)c1.COc1cc(OC)cc(N(CC(O)C(F)(F)F)c2ccc3ncc(-c4cnn(C(C)C)c4)nc3c2)c1.COc1cc(OC)cc(N(C[C@@H](O)C(F)(F)F)c2ccc3ncc(-c4cnn(C)c4)nc3c2)c1. The number of hydrogen-bond acceptors (Lipinski definition) is 27. The van der Waals surface area contributed by atoms with Gasteiger partial charge in [-0.2, -0.15) is 46.7 Å². The number of carbonyl (C=O) groups is 1. The summed E-state index contributed by atoms with van der Waals surface area (Å²) in [4.78, 5) is 60.2. The van der Waals surface area contributed by atoms with Crippen LogP contribution in [0.1, 0.15) is 56.8 Å². The molecule has 1 unspecified atom stereocenters. The highest BCUT2D eigenvalue weighted by atomic mass is 19.4. The summed E-state index contributed by atoms with van der Waals surface area (Å²) in [6.07, 6.45) is 10.0. The molecule has 40 heteroatoms. The van der Waals surface area contributed by atoms with E-state index in [0.717, 1.165) is 62.7 Å². The molecule has 17 aromatic rings. The predicted octanol–water partition coefficient (Wildman–Crippen LogP) is 17.3. The molecule has 33 nitrogen and oxygen atoms in total. The van der Waals surface area contributed by atoms with Crippen LogP contribution in [-0.2, 0) is 34.2 Å². The molecule has 17 rings (SSSR count). The third kappa shape index (κ3) is 23.8. The van der Waals surface area contributed by atoms with E-state index in [0.29, 0.717) is 125 Å². The number of nitrogens with one attached hydrogen (secondary N) is 1. The summed E-state index contributed by atoms with van der Waals surface area (Å²) in [6, 6.07) is 41.0. The maximum absolute atomic E-state index is 14.4. The van der Waals surface area contributed by atoms with Gasteiger partial charge < -0.3 is 73.2 Å². The van der Waals surface area contributed by atoms with Crippen LogP contribution in [0.25, 0.3) is 89.2 Å². The molecule has 1 amide bonds. The second-order valence-electron chi connectivity index (χ2n) is 32.7. The van der Waals surface area contributed by atoms with E-state index < -0.39 is 55.0 Å². The number of aryl methyl sites for hydroxylation is 4. The van der Waals surface area contributed by atoms with Gasteiger partial charge in [0.2, 0.25) is 0 Å². The molecule has 0 aliphatic rings. The van der Waals surface area contributed by atoms with Gasteiger partial charge in [0.15, 0.2) is 12.2 Å². The van der Waals surface area contributed by atoms with Crippen molar-refractivity contribution < 1.29 is 79.3 Å². The second kappa shape index (κ2) is 42.3. The van der Waals surface area contributed by atoms with Crippen molar-refractivity contribution in [1.82, 2.24) is 93.9 Å². The standard InChI is InChI=1S/C26H27N7O2.C25H26F3N5O3.C24H25FN6O2.C23H22F3N5O3/c1-5-32-9-8-27-26(32)17-33(20-10-21(34-3)13-22(11-20)35-4)19-6-7-23-24(12-19)30-25(15-28-23)18-14-29-31(2)16-18;1-15(2)33-13-16(11-30-33)23-12-29-21-6-5-17(9-22(21)31-23)32(14-24(34)25(26,27)28)18-7-19(35-3)10-20(8-18)36-4;1-24(2,33)14-31(19-8-15(23(32)26-3)7-17(25)9-19)18-5-6-20-21(10-18)29-22(12-27-20)16-11-28-30(4)13-16;1-30-12-14(10-28-30)21-11-27-19-5-4-15(8-20(19)29-21)31(13-22(32)23(24,25)26)16-6-17(33-2)9-18(7-16)34-3/h6-16H,5,17H2,1-4H3;5-13,15,24,34H,14H2,1-4H3;5-13,33H,14H2,1-4H3,(H,26,32);4-12,22,32H,13H2,1-3H3/t;;;22-/m...1/s1. The van der Waals surface area contributed by atoms with Crippen LogP contribution in [0, 0.1) is 5.82 Å². The second-order valence-corrected chi connectivity index (χ2v) is 32.7. The van der Waals surface area contributed by atoms with Crippen LogP contribution in [0.4, 0.5) is 76.2 Å². The number of aliphatic hydroxyl groups excluding tert-OH is 2. The number of halogens is 7.